The van der Waals surface area contributed by atoms with Crippen molar-refractivity contribution in [1.29, 1.82) is 0 Å². The molecule has 1 saturated heterocycles. The summed E-state index contributed by atoms with van der Waals surface area (Å²) in [5.41, 5.74) is 1.38. The summed E-state index contributed by atoms with van der Waals surface area (Å²) < 4.78 is 5.21. The van der Waals surface area contributed by atoms with Gasteiger partial charge in [0.05, 0.1) is 7.11 Å². The molecule has 0 saturated carbocycles. The van der Waals surface area contributed by atoms with Gasteiger partial charge in [0.1, 0.15) is 5.75 Å². The Kier molecular flexibility index (Phi) is 5.02. The summed E-state index contributed by atoms with van der Waals surface area (Å²) in [5, 5.41) is 3.46. The minimum atomic E-state index is 0.494. The lowest BCUT2D eigenvalue weighted by atomic mass is 10.1. The molecular weight excluding hydrogens is 224 g/mol. The van der Waals surface area contributed by atoms with Crippen molar-refractivity contribution in [1.82, 2.24) is 10.2 Å². The zero-order chi connectivity index (χ0) is 12.8. The molecule has 1 aromatic rings. The molecule has 1 unspecified atom stereocenters. The van der Waals surface area contributed by atoms with Gasteiger partial charge in [0, 0.05) is 6.04 Å². The zero-order valence-corrected chi connectivity index (χ0v) is 11.5. The van der Waals surface area contributed by atoms with Gasteiger partial charge in [-0.2, -0.15) is 0 Å². The van der Waals surface area contributed by atoms with Crippen molar-refractivity contribution in [3.8, 4) is 5.75 Å². The molecule has 0 spiro atoms. The molecule has 100 valence electrons. The van der Waals surface area contributed by atoms with E-state index in [2.05, 4.69) is 41.4 Å². The highest BCUT2D eigenvalue weighted by Gasteiger charge is 2.16. The summed E-state index contributed by atoms with van der Waals surface area (Å²) in [6.45, 7) is 6.95. The molecule has 3 nitrogen and oxygen atoms in total. The molecule has 0 aliphatic carbocycles. The van der Waals surface area contributed by atoms with E-state index in [1.165, 1.54) is 31.5 Å². The fourth-order valence-corrected chi connectivity index (χ4v) is 2.53. The number of nitrogens with zero attached hydrogens (tertiary/aromatic N) is 1. The molecule has 1 N–H and O–H groups in total. The van der Waals surface area contributed by atoms with Gasteiger partial charge in [-0.3, -0.25) is 4.90 Å². The Morgan fingerprint density at radius 2 is 1.72 bits per heavy atom. The van der Waals surface area contributed by atoms with Gasteiger partial charge in [-0.15, -0.1) is 0 Å². The third-order valence-electron chi connectivity index (χ3n) is 3.74. The molecule has 1 aromatic carbocycles. The number of ether oxygens (including phenoxy) is 1. The van der Waals surface area contributed by atoms with E-state index in [4.69, 9.17) is 4.74 Å². The second-order valence-corrected chi connectivity index (χ2v) is 4.94. The normalized spacial score (nSPS) is 19.9. The molecule has 3 heteroatoms. The first-order chi connectivity index (χ1) is 8.81. The molecule has 0 amide bonds. The number of methoxy groups -OCH3 is 1. The molecule has 0 aromatic heterocycles. The van der Waals surface area contributed by atoms with E-state index in [1.54, 1.807) is 7.11 Å². The van der Waals surface area contributed by atoms with Gasteiger partial charge >= 0.3 is 0 Å². The minimum Gasteiger partial charge on any atom is -0.497 e. The van der Waals surface area contributed by atoms with Crippen LogP contribution in [0.1, 0.15) is 31.4 Å². The summed E-state index contributed by atoms with van der Waals surface area (Å²) >= 11 is 0. The van der Waals surface area contributed by atoms with Crippen LogP contribution in [0.2, 0.25) is 0 Å². The first-order valence-electron chi connectivity index (χ1n) is 6.90. The minimum absolute atomic E-state index is 0.494. The second kappa shape index (κ2) is 6.76. The van der Waals surface area contributed by atoms with Crippen molar-refractivity contribution < 1.29 is 4.74 Å². The molecule has 2 rings (SSSR count). The average Bonchev–Trinajstić information content (AvgIpc) is 2.38. The fourth-order valence-electron chi connectivity index (χ4n) is 2.53. The molecule has 1 aliphatic rings. The molecule has 1 aliphatic heterocycles. The Morgan fingerprint density at radius 1 is 1.11 bits per heavy atom. The summed E-state index contributed by atoms with van der Waals surface area (Å²) in [6.07, 6.45) is 2.47. The number of rotatable bonds is 3. The quantitative estimate of drug-likeness (QED) is 0.889. The Labute approximate surface area is 110 Å². The van der Waals surface area contributed by atoms with Crippen molar-refractivity contribution in [2.75, 3.05) is 33.3 Å². The smallest absolute Gasteiger partial charge is 0.118 e. The summed E-state index contributed by atoms with van der Waals surface area (Å²) in [5.74, 6) is 0.933. The fraction of sp³-hybridized carbons (Fsp3) is 0.600. The van der Waals surface area contributed by atoms with Crippen LogP contribution in [0.5, 0.6) is 5.75 Å². The van der Waals surface area contributed by atoms with E-state index in [1.807, 2.05) is 0 Å². The highest BCUT2D eigenvalue weighted by atomic mass is 16.5. The van der Waals surface area contributed by atoms with Gasteiger partial charge in [0.2, 0.25) is 0 Å². The second-order valence-electron chi connectivity index (χ2n) is 4.94. The van der Waals surface area contributed by atoms with Crippen molar-refractivity contribution in [2.45, 2.75) is 25.8 Å². The Hall–Kier alpha value is -1.06. The lowest BCUT2D eigenvalue weighted by Gasteiger charge is -2.31. The predicted molar refractivity (Wildman–Crippen MR) is 75.1 cm³/mol. The van der Waals surface area contributed by atoms with Crippen LogP contribution in [-0.4, -0.2) is 38.2 Å². The summed E-state index contributed by atoms with van der Waals surface area (Å²) in [4.78, 5) is 2.59. The molecule has 0 bridgehead atoms. The number of hydrogen-bond donors (Lipinski definition) is 1. The molecular formula is C15H24N2O. The zero-order valence-electron chi connectivity index (χ0n) is 11.5. The molecule has 0 radical (unpaired) electrons. The maximum Gasteiger partial charge on any atom is 0.118 e. The summed E-state index contributed by atoms with van der Waals surface area (Å²) in [7, 11) is 1.71. The number of hydrogen-bond acceptors (Lipinski definition) is 3. The van der Waals surface area contributed by atoms with Crippen LogP contribution in [0.4, 0.5) is 0 Å². The Bertz CT molecular complexity index is 342. The van der Waals surface area contributed by atoms with Gasteiger partial charge < -0.3 is 10.1 Å². The first kappa shape index (κ1) is 13.4. The van der Waals surface area contributed by atoms with E-state index in [-0.39, 0.29) is 0 Å². The van der Waals surface area contributed by atoms with Crippen LogP contribution in [-0.2, 0) is 0 Å². The van der Waals surface area contributed by atoms with Gasteiger partial charge in [0.15, 0.2) is 0 Å². The van der Waals surface area contributed by atoms with Crippen LogP contribution in [0, 0.1) is 0 Å². The van der Waals surface area contributed by atoms with Gasteiger partial charge in [-0.05, 0) is 63.6 Å². The topological polar surface area (TPSA) is 24.5 Å². The standard InChI is InChI=1S/C15H24N2O/c1-13(14-5-7-15(18-2)8-6-14)17-11-3-9-16-10-4-12-17/h5-8,13,16H,3-4,9-12H2,1-2H3. The van der Waals surface area contributed by atoms with Gasteiger partial charge in [0.25, 0.3) is 0 Å². The van der Waals surface area contributed by atoms with Gasteiger partial charge in [-0.25, -0.2) is 0 Å². The van der Waals surface area contributed by atoms with Crippen LogP contribution in [0.3, 0.4) is 0 Å². The lowest BCUT2D eigenvalue weighted by molar-refractivity contribution is 0.195. The van der Waals surface area contributed by atoms with Crippen LogP contribution in [0.25, 0.3) is 0 Å². The van der Waals surface area contributed by atoms with Crippen molar-refractivity contribution >= 4 is 0 Å². The highest BCUT2D eigenvalue weighted by molar-refractivity contribution is 5.28. The van der Waals surface area contributed by atoms with E-state index in [0.29, 0.717) is 6.04 Å². The number of benzene rings is 1. The maximum atomic E-state index is 5.21. The van der Waals surface area contributed by atoms with Crippen LogP contribution in [0.15, 0.2) is 24.3 Å². The highest BCUT2D eigenvalue weighted by Crippen LogP contribution is 2.23. The Morgan fingerprint density at radius 3 is 2.28 bits per heavy atom. The van der Waals surface area contributed by atoms with Crippen LogP contribution < -0.4 is 10.1 Å². The third kappa shape index (κ3) is 3.47. The first-order valence-corrected chi connectivity index (χ1v) is 6.90. The monoisotopic (exact) mass is 248 g/mol. The predicted octanol–water partition coefficient (Wildman–Crippen LogP) is 2.44. The molecule has 1 heterocycles. The van der Waals surface area contributed by atoms with E-state index >= 15 is 0 Å². The summed E-state index contributed by atoms with van der Waals surface area (Å²) in [6, 6.07) is 8.96. The lowest BCUT2D eigenvalue weighted by Crippen LogP contribution is -2.35. The molecule has 18 heavy (non-hydrogen) atoms. The molecule has 1 atom stereocenters. The molecule has 1 fully saturated rings. The SMILES string of the molecule is COc1ccc(C(C)N2CCCNCCC2)cc1. The maximum absolute atomic E-state index is 5.21. The third-order valence-corrected chi connectivity index (χ3v) is 3.74. The van der Waals surface area contributed by atoms with Crippen LogP contribution >= 0.6 is 0 Å². The number of nitrogens with one attached hydrogen (secondary N) is 1. The van der Waals surface area contributed by atoms with Crippen molar-refractivity contribution in [3.05, 3.63) is 29.8 Å². The average molecular weight is 248 g/mol. The van der Waals surface area contributed by atoms with E-state index in [9.17, 15) is 0 Å². The largest absolute Gasteiger partial charge is 0.497 e. The van der Waals surface area contributed by atoms with Crippen molar-refractivity contribution in [3.63, 3.8) is 0 Å². The Balaban J connectivity index is 2.00. The van der Waals surface area contributed by atoms with Crippen molar-refractivity contribution in [2.24, 2.45) is 0 Å². The van der Waals surface area contributed by atoms with E-state index in [0.717, 1.165) is 18.8 Å². The van der Waals surface area contributed by atoms with E-state index < -0.39 is 0 Å². The van der Waals surface area contributed by atoms with Gasteiger partial charge in [-0.1, -0.05) is 12.1 Å².